The molecule has 0 fully saturated rings. The molecule has 3 rings (SSSR count). The lowest BCUT2D eigenvalue weighted by Crippen LogP contribution is -2.23. The minimum absolute atomic E-state index is 0.0212. The van der Waals surface area contributed by atoms with Crippen LogP contribution in [0.2, 0.25) is 0 Å². The summed E-state index contributed by atoms with van der Waals surface area (Å²) in [5.41, 5.74) is 2.54. The lowest BCUT2D eigenvalue weighted by Gasteiger charge is -2.13. The van der Waals surface area contributed by atoms with Crippen LogP contribution in [-0.4, -0.2) is 31.8 Å². The average molecular weight is 426 g/mol. The maximum atomic E-state index is 13.6. The Morgan fingerprint density at radius 3 is 1.97 bits per heavy atom. The Hall–Kier alpha value is -3.32. The number of rotatable bonds is 7. The minimum Gasteiger partial charge on any atom is -0.481 e. The van der Waals surface area contributed by atoms with Crippen molar-refractivity contribution in [3.05, 3.63) is 72.1 Å². The largest absolute Gasteiger partial charge is 0.481 e. The normalized spacial score (nSPS) is 13.6. The lowest BCUT2D eigenvalue weighted by atomic mass is 10.0. The van der Waals surface area contributed by atoms with Crippen LogP contribution in [0, 0.1) is 17.6 Å². The molecule has 0 amide bonds. The number of carboxylic acid groups (broad SMARTS) is 1. The van der Waals surface area contributed by atoms with Gasteiger partial charge in [0.05, 0.1) is 23.4 Å². The number of nitrogens with zero attached hydrogens (tertiary/aromatic N) is 2. The maximum Gasteiger partial charge on any atom is 0.309 e. The highest BCUT2D eigenvalue weighted by Crippen LogP contribution is 2.35. The van der Waals surface area contributed by atoms with Crippen molar-refractivity contribution in [1.82, 2.24) is 9.55 Å². The summed E-state index contributed by atoms with van der Waals surface area (Å²) < 4.78 is 28.8. The highest BCUT2D eigenvalue weighted by Gasteiger charge is 2.22. The van der Waals surface area contributed by atoms with Crippen LogP contribution in [0.25, 0.3) is 28.7 Å². The molecule has 1 heterocycles. The van der Waals surface area contributed by atoms with E-state index in [9.17, 15) is 18.7 Å². The summed E-state index contributed by atoms with van der Waals surface area (Å²) in [5, 5.41) is 19.4. The fraction of sp³-hybridized carbons (Fsp3) is 0.250. The summed E-state index contributed by atoms with van der Waals surface area (Å²) in [4.78, 5) is 15.9. The molecule has 1 unspecified atom stereocenters. The molecule has 0 spiro atoms. The fourth-order valence-corrected chi connectivity index (χ4v) is 3.19. The number of aromatic nitrogens is 2. The quantitative estimate of drug-likeness (QED) is 0.547. The number of halogens is 2. The number of aliphatic hydroxyl groups excluding tert-OH is 1. The summed E-state index contributed by atoms with van der Waals surface area (Å²) in [6.07, 6.45) is 1.77. The van der Waals surface area contributed by atoms with E-state index >= 15 is 0 Å². The van der Waals surface area contributed by atoms with Crippen LogP contribution in [0.3, 0.4) is 0 Å². The van der Waals surface area contributed by atoms with Crippen molar-refractivity contribution >= 4 is 12.2 Å². The van der Waals surface area contributed by atoms with Gasteiger partial charge in [0.1, 0.15) is 17.5 Å². The zero-order valence-corrected chi connectivity index (χ0v) is 17.5. The molecule has 2 N–H and O–H groups in total. The van der Waals surface area contributed by atoms with Gasteiger partial charge in [-0.15, -0.1) is 0 Å². The summed E-state index contributed by atoms with van der Waals surface area (Å²) >= 11 is 0. The third kappa shape index (κ3) is 4.88. The molecular weight excluding hydrogens is 402 g/mol. The minimum atomic E-state index is -1.21. The molecular formula is C24H24F2N2O3. The zero-order valence-electron chi connectivity index (χ0n) is 17.5. The average Bonchev–Trinajstić information content (AvgIpc) is 3.12. The molecule has 0 aliphatic rings. The predicted octanol–water partition coefficient (Wildman–Crippen LogP) is 5.17. The van der Waals surface area contributed by atoms with Crippen LogP contribution in [-0.2, 0) is 4.79 Å². The van der Waals surface area contributed by atoms with E-state index in [-0.39, 0.29) is 17.6 Å². The van der Waals surface area contributed by atoms with Crippen molar-refractivity contribution in [2.24, 2.45) is 5.92 Å². The van der Waals surface area contributed by atoms with Gasteiger partial charge in [-0.1, -0.05) is 13.8 Å². The number of hydrogen-bond donors (Lipinski definition) is 2. The van der Waals surface area contributed by atoms with E-state index in [0.717, 1.165) is 0 Å². The Morgan fingerprint density at radius 2 is 1.48 bits per heavy atom. The van der Waals surface area contributed by atoms with Gasteiger partial charge in [0.15, 0.2) is 0 Å². The van der Waals surface area contributed by atoms with Crippen LogP contribution in [0.4, 0.5) is 8.78 Å². The van der Waals surface area contributed by atoms with E-state index in [4.69, 9.17) is 10.1 Å². The Balaban J connectivity index is 2.23. The van der Waals surface area contributed by atoms with Gasteiger partial charge in [0.2, 0.25) is 0 Å². The maximum absolute atomic E-state index is 13.6. The van der Waals surface area contributed by atoms with Gasteiger partial charge < -0.3 is 14.8 Å². The van der Waals surface area contributed by atoms with Crippen LogP contribution < -0.4 is 0 Å². The zero-order chi connectivity index (χ0) is 22.7. The van der Waals surface area contributed by atoms with Gasteiger partial charge in [0.25, 0.3) is 0 Å². The second-order valence-corrected chi connectivity index (χ2v) is 7.66. The lowest BCUT2D eigenvalue weighted by molar-refractivity contribution is -0.143. The summed E-state index contributed by atoms with van der Waals surface area (Å²) in [5.74, 6) is -2.23. The monoisotopic (exact) mass is 426 g/mol. The molecule has 3 aromatic rings. The molecule has 1 aromatic heterocycles. The molecule has 162 valence electrons. The second-order valence-electron chi connectivity index (χ2n) is 7.66. The van der Waals surface area contributed by atoms with Crippen LogP contribution in [0.1, 0.15) is 32.5 Å². The molecule has 0 aliphatic carbocycles. The van der Waals surface area contributed by atoms with Crippen molar-refractivity contribution in [1.29, 1.82) is 0 Å². The van der Waals surface area contributed by atoms with E-state index in [1.807, 2.05) is 13.8 Å². The van der Waals surface area contributed by atoms with Gasteiger partial charge in [-0.2, -0.15) is 0 Å². The third-order valence-corrected chi connectivity index (χ3v) is 5.02. The first-order chi connectivity index (χ1) is 14.7. The molecule has 7 heteroatoms. The number of benzene rings is 2. The first kappa shape index (κ1) is 22.4. The van der Waals surface area contributed by atoms with Gasteiger partial charge >= 0.3 is 5.97 Å². The molecule has 0 aliphatic heterocycles. The van der Waals surface area contributed by atoms with E-state index in [0.29, 0.717) is 28.3 Å². The highest BCUT2D eigenvalue weighted by molar-refractivity contribution is 5.81. The van der Waals surface area contributed by atoms with Gasteiger partial charge in [-0.3, -0.25) is 4.79 Å². The summed E-state index contributed by atoms with van der Waals surface area (Å²) in [7, 11) is 0. The first-order valence-electron chi connectivity index (χ1n) is 9.92. The number of imidazole rings is 1. The van der Waals surface area contributed by atoms with Crippen LogP contribution in [0.5, 0.6) is 0 Å². The Morgan fingerprint density at radius 1 is 0.968 bits per heavy atom. The van der Waals surface area contributed by atoms with Gasteiger partial charge in [-0.05, 0) is 61.5 Å². The van der Waals surface area contributed by atoms with E-state index in [2.05, 4.69) is 0 Å². The molecule has 5 nitrogen and oxygen atoms in total. The molecule has 2 aromatic carbocycles. The topological polar surface area (TPSA) is 75.3 Å². The third-order valence-electron chi connectivity index (χ3n) is 5.02. The fourth-order valence-electron chi connectivity index (χ4n) is 3.19. The van der Waals surface area contributed by atoms with Crippen LogP contribution in [0.15, 0.2) is 54.6 Å². The number of carbonyl (C=O) groups is 1. The SMILES string of the molecule is CC(C)c1nc(-c2ccc(F)cc2)c(-c2ccc(F)cc2)n1C=C[C@H](O)C(C)C(=O)O. The Kier molecular flexibility index (Phi) is 6.65. The van der Waals surface area contributed by atoms with Gasteiger partial charge in [-0.25, -0.2) is 13.8 Å². The first-order valence-corrected chi connectivity index (χ1v) is 9.92. The Labute approximate surface area is 179 Å². The molecule has 0 bridgehead atoms. The number of carboxylic acids is 1. The van der Waals surface area contributed by atoms with Gasteiger partial charge in [0, 0.05) is 23.2 Å². The smallest absolute Gasteiger partial charge is 0.309 e. The van der Waals surface area contributed by atoms with E-state index < -0.39 is 18.0 Å². The molecule has 2 atom stereocenters. The van der Waals surface area contributed by atoms with Crippen molar-refractivity contribution in [2.75, 3.05) is 0 Å². The standard InChI is InChI=1S/C24H24F2N2O3/c1-14(2)23-27-21(16-4-8-18(25)9-5-16)22(17-6-10-19(26)11-7-17)28(23)13-12-20(29)15(3)24(30)31/h4-15,20,29H,1-3H3,(H,30,31)/t15?,20-/m0/s1. The predicted molar refractivity (Wildman–Crippen MR) is 115 cm³/mol. The number of hydrogen-bond acceptors (Lipinski definition) is 3. The summed E-state index contributed by atoms with van der Waals surface area (Å²) in [6, 6.07) is 11.8. The van der Waals surface area contributed by atoms with Crippen molar-refractivity contribution < 1.29 is 23.8 Å². The number of aliphatic hydroxyl groups is 1. The van der Waals surface area contributed by atoms with E-state index in [1.54, 1.807) is 35.0 Å². The van der Waals surface area contributed by atoms with Crippen LogP contribution >= 0.6 is 0 Å². The van der Waals surface area contributed by atoms with Crippen molar-refractivity contribution in [2.45, 2.75) is 32.8 Å². The van der Waals surface area contributed by atoms with Crippen molar-refractivity contribution in [3.8, 4) is 22.5 Å². The van der Waals surface area contributed by atoms with Crippen molar-refractivity contribution in [3.63, 3.8) is 0 Å². The molecule has 0 radical (unpaired) electrons. The number of aliphatic carboxylic acids is 1. The molecule has 0 saturated carbocycles. The Bertz CT molecular complexity index is 1090. The molecule has 0 saturated heterocycles. The van der Waals surface area contributed by atoms with E-state index in [1.165, 1.54) is 37.3 Å². The molecule has 31 heavy (non-hydrogen) atoms. The highest BCUT2D eigenvalue weighted by atomic mass is 19.1. The second kappa shape index (κ2) is 9.22. The summed E-state index contributed by atoms with van der Waals surface area (Å²) in [6.45, 7) is 5.32.